The molecule has 5 nitrogen and oxygen atoms in total. The molecule has 1 aromatic carbocycles. The van der Waals surface area contributed by atoms with Crippen LogP contribution in [-0.4, -0.2) is 43.8 Å². The van der Waals surface area contributed by atoms with Crippen LogP contribution >= 0.6 is 0 Å². The molecule has 0 aliphatic carbocycles. The Labute approximate surface area is 107 Å². The summed E-state index contributed by atoms with van der Waals surface area (Å²) in [6, 6.07) is 7.22. The first kappa shape index (κ1) is 12.9. The molecule has 0 aromatic heterocycles. The van der Waals surface area contributed by atoms with Crippen molar-refractivity contribution in [3.05, 3.63) is 29.8 Å². The molecule has 1 aliphatic rings. The second-order valence-corrected chi connectivity index (χ2v) is 6.71. The minimum Gasteiger partial charge on any atom is -0.398 e. The van der Waals surface area contributed by atoms with Gasteiger partial charge in [0, 0.05) is 18.8 Å². The Kier molecular flexibility index (Phi) is 3.56. The zero-order valence-electron chi connectivity index (χ0n) is 10.0. The van der Waals surface area contributed by atoms with Crippen LogP contribution in [0.15, 0.2) is 24.3 Å². The summed E-state index contributed by atoms with van der Waals surface area (Å²) in [4.78, 5) is 13.6. The van der Waals surface area contributed by atoms with Gasteiger partial charge in [0.2, 0.25) is 5.91 Å². The molecule has 18 heavy (non-hydrogen) atoms. The van der Waals surface area contributed by atoms with Crippen LogP contribution in [0.4, 0.5) is 5.69 Å². The van der Waals surface area contributed by atoms with E-state index >= 15 is 0 Å². The second kappa shape index (κ2) is 4.97. The lowest BCUT2D eigenvalue weighted by Gasteiger charge is -2.26. The molecule has 0 unspecified atom stereocenters. The highest BCUT2D eigenvalue weighted by Gasteiger charge is 2.25. The molecule has 0 atom stereocenters. The zero-order chi connectivity index (χ0) is 13.2. The zero-order valence-corrected chi connectivity index (χ0v) is 10.8. The number of carbonyl (C=O) groups excluding carboxylic acids is 1. The van der Waals surface area contributed by atoms with E-state index in [1.807, 2.05) is 18.2 Å². The molecule has 1 heterocycles. The monoisotopic (exact) mass is 268 g/mol. The highest BCUT2D eigenvalue weighted by Crippen LogP contribution is 2.13. The first-order valence-corrected chi connectivity index (χ1v) is 7.62. The normalized spacial score (nSPS) is 18.6. The fourth-order valence-corrected chi connectivity index (χ4v) is 3.13. The third kappa shape index (κ3) is 3.01. The van der Waals surface area contributed by atoms with E-state index in [4.69, 9.17) is 5.73 Å². The first-order chi connectivity index (χ1) is 8.48. The lowest BCUT2D eigenvalue weighted by molar-refractivity contribution is -0.130. The molecule has 1 fully saturated rings. The largest absolute Gasteiger partial charge is 0.398 e. The molecular formula is C12H16N2O3S. The van der Waals surface area contributed by atoms with Gasteiger partial charge in [-0.1, -0.05) is 18.2 Å². The molecule has 98 valence electrons. The summed E-state index contributed by atoms with van der Waals surface area (Å²) >= 11 is 0. The van der Waals surface area contributed by atoms with E-state index in [0.29, 0.717) is 5.69 Å². The summed E-state index contributed by atoms with van der Waals surface area (Å²) < 4.78 is 22.5. The molecule has 1 aliphatic heterocycles. The number of para-hydroxylation sites is 1. The van der Waals surface area contributed by atoms with Crippen LogP contribution in [0.5, 0.6) is 0 Å². The van der Waals surface area contributed by atoms with Crippen molar-refractivity contribution in [1.29, 1.82) is 0 Å². The van der Waals surface area contributed by atoms with Crippen LogP contribution in [0.3, 0.4) is 0 Å². The van der Waals surface area contributed by atoms with Gasteiger partial charge in [0.05, 0.1) is 17.9 Å². The number of carbonyl (C=O) groups is 1. The number of nitrogen functional groups attached to an aromatic ring is 1. The summed E-state index contributed by atoms with van der Waals surface area (Å²) in [6.07, 6.45) is 0.229. The topological polar surface area (TPSA) is 80.5 Å². The summed E-state index contributed by atoms with van der Waals surface area (Å²) in [5, 5.41) is 0. The van der Waals surface area contributed by atoms with Gasteiger partial charge in [0.15, 0.2) is 9.84 Å². The maximum atomic E-state index is 12.0. The van der Waals surface area contributed by atoms with Crippen molar-refractivity contribution in [3.63, 3.8) is 0 Å². The van der Waals surface area contributed by atoms with Crippen LogP contribution in [-0.2, 0) is 21.1 Å². The van der Waals surface area contributed by atoms with Gasteiger partial charge in [-0.05, 0) is 11.6 Å². The number of amides is 1. The molecule has 6 heteroatoms. The van der Waals surface area contributed by atoms with Crippen LogP contribution < -0.4 is 5.73 Å². The van der Waals surface area contributed by atoms with Crippen molar-refractivity contribution in [3.8, 4) is 0 Å². The van der Waals surface area contributed by atoms with Gasteiger partial charge in [0.1, 0.15) is 0 Å². The summed E-state index contributed by atoms with van der Waals surface area (Å²) in [5.41, 5.74) is 7.16. The summed E-state index contributed by atoms with van der Waals surface area (Å²) in [5.74, 6) is 0.0502. The Morgan fingerprint density at radius 3 is 2.44 bits per heavy atom. The number of rotatable bonds is 2. The summed E-state index contributed by atoms with van der Waals surface area (Å²) in [6.45, 7) is 0.571. The predicted molar refractivity (Wildman–Crippen MR) is 69.8 cm³/mol. The molecule has 1 aromatic rings. The summed E-state index contributed by atoms with van der Waals surface area (Å²) in [7, 11) is -2.95. The van der Waals surface area contributed by atoms with E-state index in [-0.39, 0.29) is 36.9 Å². The SMILES string of the molecule is Nc1ccccc1CC(=O)N1CCS(=O)(=O)CC1. The van der Waals surface area contributed by atoms with Gasteiger partial charge in [0.25, 0.3) is 0 Å². The quantitative estimate of drug-likeness (QED) is 0.770. The van der Waals surface area contributed by atoms with Crippen molar-refractivity contribution >= 4 is 21.4 Å². The Bertz CT molecular complexity index is 540. The highest BCUT2D eigenvalue weighted by atomic mass is 32.2. The van der Waals surface area contributed by atoms with Gasteiger partial charge in [-0.15, -0.1) is 0 Å². The maximum absolute atomic E-state index is 12.0. The van der Waals surface area contributed by atoms with Gasteiger partial charge in [-0.25, -0.2) is 8.42 Å². The van der Waals surface area contributed by atoms with E-state index in [2.05, 4.69) is 0 Å². The van der Waals surface area contributed by atoms with Crippen molar-refractivity contribution in [2.24, 2.45) is 0 Å². The molecule has 1 amide bonds. The Hall–Kier alpha value is -1.56. The van der Waals surface area contributed by atoms with Crippen molar-refractivity contribution in [1.82, 2.24) is 4.90 Å². The number of anilines is 1. The number of benzene rings is 1. The lowest BCUT2D eigenvalue weighted by atomic mass is 10.1. The molecular weight excluding hydrogens is 252 g/mol. The third-order valence-corrected chi connectivity index (χ3v) is 4.70. The number of hydrogen-bond donors (Lipinski definition) is 1. The third-order valence-electron chi connectivity index (χ3n) is 3.09. The minimum atomic E-state index is -2.95. The fourth-order valence-electron chi connectivity index (χ4n) is 1.93. The highest BCUT2D eigenvalue weighted by molar-refractivity contribution is 7.91. The molecule has 2 N–H and O–H groups in total. The van der Waals surface area contributed by atoms with E-state index in [9.17, 15) is 13.2 Å². The van der Waals surface area contributed by atoms with E-state index in [1.54, 1.807) is 11.0 Å². The Morgan fingerprint density at radius 2 is 1.83 bits per heavy atom. The van der Waals surface area contributed by atoms with E-state index in [0.717, 1.165) is 5.56 Å². The number of sulfone groups is 1. The lowest BCUT2D eigenvalue weighted by Crippen LogP contribution is -2.44. The minimum absolute atomic E-state index is 0.0585. The van der Waals surface area contributed by atoms with Crippen LogP contribution in [0, 0.1) is 0 Å². The van der Waals surface area contributed by atoms with Gasteiger partial charge >= 0.3 is 0 Å². The molecule has 0 spiro atoms. The van der Waals surface area contributed by atoms with Gasteiger partial charge in [-0.2, -0.15) is 0 Å². The standard InChI is InChI=1S/C12H16N2O3S/c13-11-4-2-1-3-10(11)9-12(15)14-5-7-18(16,17)8-6-14/h1-4H,5-9,13H2. The molecule has 0 radical (unpaired) electrons. The predicted octanol–water partition coefficient (Wildman–Crippen LogP) is 0.0683. The number of nitrogens with two attached hydrogens (primary N) is 1. The van der Waals surface area contributed by atoms with Gasteiger partial charge < -0.3 is 10.6 Å². The average Bonchev–Trinajstić information content (AvgIpc) is 2.32. The van der Waals surface area contributed by atoms with Crippen molar-refractivity contribution in [2.45, 2.75) is 6.42 Å². The number of hydrogen-bond acceptors (Lipinski definition) is 4. The van der Waals surface area contributed by atoms with Gasteiger partial charge in [-0.3, -0.25) is 4.79 Å². The molecule has 2 rings (SSSR count). The fraction of sp³-hybridized carbons (Fsp3) is 0.417. The smallest absolute Gasteiger partial charge is 0.227 e. The average molecular weight is 268 g/mol. The molecule has 0 saturated carbocycles. The van der Waals surface area contributed by atoms with Crippen molar-refractivity contribution in [2.75, 3.05) is 30.3 Å². The maximum Gasteiger partial charge on any atom is 0.227 e. The van der Waals surface area contributed by atoms with Crippen LogP contribution in [0.25, 0.3) is 0 Å². The van der Waals surface area contributed by atoms with Crippen LogP contribution in [0.2, 0.25) is 0 Å². The van der Waals surface area contributed by atoms with E-state index < -0.39 is 9.84 Å². The Morgan fingerprint density at radius 1 is 1.22 bits per heavy atom. The van der Waals surface area contributed by atoms with Crippen molar-refractivity contribution < 1.29 is 13.2 Å². The first-order valence-electron chi connectivity index (χ1n) is 5.79. The molecule has 1 saturated heterocycles. The van der Waals surface area contributed by atoms with Crippen LogP contribution in [0.1, 0.15) is 5.56 Å². The van der Waals surface area contributed by atoms with E-state index in [1.165, 1.54) is 0 Å². The number of nitrogens with zero attached hydrogens (tertiary/aromatic N) is 1. The molecule has 0 bridgehead atoms. The Balaban J connectivity index is 2.00. The second-order valence-electron chi connectivity index (χ2n) is 4.41.